The van der Waals surface area contributed by atoms with E-state index in [2.05, 4.69) is 32.6 Å². The van der Waals surface area contributed by atoms with Gasteiger partial charge in [0, 0.05) is 3.57 Å². The molecule has 18 heavy (non-hydrogen) atoms. The van der Waals surface area contributed by atoms with Gasteiger partial charge in [-0.25, -0.2) is 4.99 Å². The maximum absolute atomic E-state index is 5.96. The molecule has 1 aromatic rings. The van der Waals surface area contributed by atoms with Gasteiger partial charge in [-0.05, 0) is 48.6 Å². The van der Waals surface area contributed by atoms with Crippen LogP contribution in [0.4, 0.5) is 5.69 Å². The van der Waals surface area contributed by atoms with E-state index in [4.69, 9.17) is 11.5 Å². The zero-order valence-corrected chi connectivity index (χ0v) is 13.1. The highest BCUT2D eigenvalue weighted by Crippen LogP contribution is 2.30. The molecular weight excluding hydrogens is 365 g/mol. The maximum Gasteiger partial charge on any atom is 0.220 e. The fraction of sp³-hybridized carbons (Fsp3) is 0.273. The Balaban J connectivity index is 0.00000162. The van der Waals surface area contributed by atoms with Gasteiger partial charge >= 0.3 is 0 Å². The molecule has 7 heteroatoms. The molecule has 0 amide bonds. The third-order valence-corrected chi connectivity index (χ3v) is 3.40. The molecule has 0 saturated heterocycles. The lowest BCUT2D eigenvalue weighted by Gasteiger charge is -2.38. The Morgan fingerprint density at radius 2 is 1.83 bits per heavy atom. The van der Waals surface area contributed by atoms with E-state index in [0.717, 1.165) is 9.26 Å². The van der Waals surface area contributed by atoms with Crippen LogP contribution in [-0.4, -0.2) is 17.6 Å². The van der Waals surface area contributed by atoms with Crippen LogP contribution >= 0.6 is 35.0 Å². The highest BCUT2D eigenvalue weighted by Gasteiger charge is 2.33. The number of halogens is 2. The van der Waals surface area contributed by atoms with Crippen molar-refractivity contribution in [3.8, 4) is 0 Å². The van der Waals surface area contributed by atoms with Gasteiger partial charge in [-0.1, -0.05) is 12.1 Å². The van der Waals surface area contributed by atoms with Crippen LogP contribution < -0.4 is 16.4 Å². The monoisotopic (exact) mass is 379 g/mol. The van der Waals surface area contributed by atoms with Crippen molar-refractivity contribution in [3.63, 3.8) is 0 Å². The third kappa shape index (κ3) is 2.69. The number of anilines is 1. The summed E-state index contributed by atoms with van der Waals surface area (Å²) in [7, 11) is 0. The van der Waals surface area contributed by atoms with Gasteiger partial charge in [-0.2, -0.15) is 4.99 Å². The van der Waals surface area contributed by atoms with Gasteiger partial charge in [0.15, 0.2) is 0 Å². The van der Waals surface area contributed by atoms with Crippen molar-refractivity contribution >= 4 is 52.6 Å². The zero-order chi connectivity index (χ0) is 12.6. The zero-order valence-electron chi connectivity index (χ0n) is 10.1. The van der Waals surface area contributed by atoms with Crippen molar-refractivity contribution in [2.75, 3.05) is 4.90 Å². The molecule has 0 aromatic heterocycles. The van der Waals surface area contributed by atoms with E-state index in [0.29, 0.717) is 5.96 Å². The lowest BCUT2D eigenvalue weighted by atomic mass is 10.1. The molecule has 5 nitrogen and oxygen atoms in total. The molecule has 0 saturated carbocycles. The van der Waals surface area contributed by atoms with E-state index in [1.165, 1.54) is 0 Å². The highest BCUT2D eigenvalue weighted by molar-refractivity contribution is 14.1. The lowest BCUT2D eigenvalue weighted by Crippen LogP contribution is -2.54. The standard InChI is InChI=1S/C11H14IN5.ClH/c1-11(2)16-9(13)15-10(14)17(11)8-6-4-3-5-7(8)12;/h3-6H,1-2H3,(H4,13,14,15,16);1H. The molecule has 0 aliphatic carbocycles. The molecule has 0 atom stereocenters. The summed E-state index contributed by atoms with van der Waals surface area (Å²) in [5.41, 5.74) is 12.0. The van der Waals surface area contributed by atoms with Crippen LogP contribution in [0.2, 0.25) is 0 Å². The van der Waals surface area contributed by atoms with E-state index >= 15 is 0 Å². The fourth-order valence-electron chi connectivity index (χ4n) is 1.85. The Morgan fingerprint density at radius 3 is 2.39 bits per heavy atom. The molecule has 1 heterocycles. The van der Waals surface area contributed by atoms with Crippen LogP contribution in [0.5, 0.6) is 0 Å². The number of para-hydroxylation sites is 1. The minimum atomic E-state index is -0.531. The minimum Gasteiger partial charge on any atom is -0.369 e. The number of hydrogen-bond donors (Lipinski definition) is 2. The van der Waals surface area contributed by atoms with Gasteiger partial charge in [-0.3, -0.25) is 4.90 Å². The van der Waals surface area contributed by atoms with Crippen molar-refractivity contribution < 1.29 is 0 Å². The molecule has 0 spiro atoms. The first-order valence-electron chi connectivity index (χ1n) is 5.16. The van der Waals surface area contributed by atoms with E-state index in [1.807, 2.05) is 43.0 Å². The second-order valence-corrected chi connectivity index (χ2v) is 5.38. The van der Waals surface area contributed by atoms with Crippen LogP contribution in [0.1, 0.15) is 13.8 Å². The summed E-state index contributed by atoms with van der Waals surface area (Å²) in [6, 6.07) is 7.94. The van der Waals surface area contributed by atoms with Crippen LogP contribution in [0.25, 0.3) is 0 Å². The number of hydrogen-bond acceptors (Lipinski definition) is 5. The normalized spacial score (nSPS) is 17.6. The van der Waals surface area contributed by atoms with Gasteiger partial charge in [0.25, 0.3) is 0 Å². The Hall–Kier alpha value is -1.02. The second-order valence-electron chi connectivity index (χ2n) is 4.22. The second kappa shape index (κ2) is 5.31. The van der Waals surface area contributed by atoms with Crippen LogP contribution in [-0.2, 0) is 0 Å². The van der Waals surface area contributed by atoms with Gasteiger partial charge in [0.1, 0.15) is 5.66 Å². The van der Waals surface area contributed by atoms with Crippen molar-refractivity contribution in [2.24, 2.45) is 21.5 Å². The predicted molar refractivity (Wildman–Crippen MR) is 86.2 cm³/mol. The SMILES string of the molecule is CC1(C)N=C(N)N=C(N)N1c1ccccc1I.Cl. The molecule has 0 unspecified atom stereocenters. The Bertz CT molecular complexity index is 512. The van der Waals surface area contributed by atoms with Crippen LogP contribution in [0.3, 0.4) is 0 Å². The number of rotatable bonds is 1. The number of aliphatic imine (C=N–C) groups is 2. The fourth-order valence-corrected chi connectivity index (χ4v) is 2.48. The first-order valence-corrected chi connectivity index (χ1v) is 6.24. The van der Waals surface area contributed by atoms with E-state index in [9.17, 15) is 0 Å². The predicted octanol–water partition coefficient (Wildman–Crippen LogP) is 1.90. The summed E-state index contributed by atoms with van der Waals surface area (Å²) in [6.07, 6.45) is 0. The first kappa shape index (κ1) is 15.0. The number of guanidine groups is 2. The average Bonchev–Trinajstić information content (AvgIpc) is 2.18. The summed E-state index contributed by atoms with van der Waals surface area (Å²) in [5, 5.41) is 0. The minimum absolute atomic E-state index is 0. The molecule has 0 bridgehead atoms. The maximum atomic E-state index is 5.96. The van der Waals surface area contributed by atoms with Gasteiger partial charge in [0.05, 0.1) is 5.69 Å². The first-order chi connectivity index (χ1) is 7.92. The number of nitrogens with zero attached hydrogens (tertiary/aromatic N) is 3. The van der Waals surface area contributed by atoms with E-state index in [-0.39, 0.29) is 18.4 Å². The van der Waals surface area contributed by atoms with Crippen molar-refractivity contribution in [1.82, 2.24) is 0 Å². The molecule has 98 valence electrons. The number of nitrogens with two attached hydrogens (primary N) is 2. The van der Waals surface area contributed by atoms with Gasteiger partial charge in [-0.15, -0.1) is 12.4 Å². The summed E-state index contributed by atoms with van der Waals surface area (Å²) >= 11 is 2.26. The molecular formula is C11H15ClIN5. The smallest absolute Gasteiger partial charge is 0.220 e. The quantitative estimate of drug-likeness (QED) is 0.731. The largest absolute Gasteiger partial charge is 0.369 e. The van der Waals surface area contributed by atoms with Crippen molar-refractivity contribution in [2.45, 2.75) is 19.5 Å². The topological polar surface area (TPSA) is 80.0 Å². The molecule has 1 aliphatic heterocycles. The highest BCUT2D eigenvalue weighted by atomic mass is 127. The van der Waals surface area contributed by atoms with Crippen LogP contribution in [0, 0.1) is 3.57 Å². The lowest BCUT2D eigenvalue weighted by molar-refractivity contribution is 0.533. The van der Waals surface area contributed by atoms with E-state index < -0.39 is 5.66 Å². The van der Waals surface area contributed by atoms with Gasteiger partial charge < -0.3 is 11.5 Å². The summed E-state index contributed by atoms with van der Waals surface area (Å²) in [6.45, 7) is 3.90. The third-order valence-electron chi connectivity index (χ3n) is 2.49. The summed E-state index contributed by atoms with van der Waals surface area (Å²) < 4.78 is 1.09. The summed E-state index contributed by atoms with van der Waals surface area (Å²) in [5.74, 6) is 0.585. The Morgan fingerprint density at radius 1 is 1.22 bits per heavy atom. The number of benzene rings is 1. The van der Waals surface area contributed by atoms with Crippen molar-refractivity contribution in [1.29, 1.82) is 0 Å². The molecule has 0 radical (unpaired) electrons. The average molecular weight is 380 g/mol. The van der Waals surface area contributed by atoms with Gasteiger partial charge in [0.2, 0.25) is 11.9 Å². The van der Waals surface area contributed by atoms with Crippen molar-refractivity contribution in [3.05, 3.63) is 27.8 Å². The Labute approximate surface area is 126 Å². The summed E-state index contributed by atoms with van der Waals surface area (Å²) in [4.78, 5) is 10.2. The molecule has 1 aliphatic rings. The van der Waals surface area contributed by atoms with Crippen LogP contribution in [0.15, 0.2) is 34.3 Å². The molecule has 1 aromatic carbocycles. The molecule has 0 fully saturated rings. The molecule has 2 rings (SSSR count). The van der Waals surface area contributed by atoms with E-state index in [1.54, 1.807) is 0 Å². The Kier molecular flexibility index (Phi) is 4.44. The molecule has 4 N–H and O–H groups in total.